The second kappa shape index (κ2) is 15.1. The Morgan fingerprint density at radius 3 is 0.765 bits per heavy atom. The third-order valence-electron chi connectivity index (χ3n) is 0.813. The summed E-state index contributed by atoms with van der Waals surface area (Å²) in [6.45, 7) is 5.39. The van der Waals surface area contributed by atoms with Crippen molar-refractivity contribution in [2.24, 2.45) is 0 Å². The van der Waals surface area contributed by atoms with Crippen LogP contribution in [0.5, 0.6) is 0 Å². The van der Waals surface area contributed by atoms with E-state index < -0.39 is 27.8 Å². The van der Waals surface area contributed by atoms with Gasteiger partial charge in [-0.25, -0.2) is 0 Å². The van der Waals surface area contributed by atoms with Gasteiger partial charge in [-0.15, -0.1) is 0 Å². The summed E-state index contributed by atoms with van der Waals surface area (Å²) in [4.78, 5) is 39.9. The average Bonchev–Trinajstić information content (AvgIpc) is 1.99. The minimum atomic E-state index is -2.51. The molecule has 0 unspecified atom stereocenters. The molecular weight excluding hydrogens is 454 g/mol. The number of hydrogen-bond acceptors (Lipinski definition) is 6. The fourth-order valence-electron chi connectivity index (χ4n) is 0.572. The van der Waals surface area contributed by atoms with Crippen LogP contribution in [-0.4, -0.2) is 23.1 Å². The van der Waals surface area contributed by atoms with Crippen molar-refractivity contribution >= 4 is 23.1 Å². The van der Waals surface area contributed by atoms with Gasteiger partial charge in [-0.1, -0.05) is 0 Å². The first-order valence-corrected chi connectivity index (χ1v) is 7.78. The molecule has 0 spiro atoms. The molecule has 0 N–H and O–H groups in total. The number of rotatable bonds is 4. The monoisotopic (exact) mass is 468 g/mol. The summed E-state index contributed by atoms with van der Waals surface area (Å²) in [7, 11) is 0. The van der Waals surface area contributed by atoms with Crippen molar-refractivity contribution in [3.63, 3.8) is 0 Å². The molecule has 7 heteroatoms. The van der Waals surface area contributed by atoms with Gasteiger partial charge in [0.1, 0.15) is 0 Å². The van der Waals surface area contributed by atoms with Crippen molar-refractivity contribution in [3.05, 3.63) is 12.8 Å². The summed E-state index contributed by atoms with van der Waals surface area (Å²) in [5, 5.41) is 0. The number of carbonyl (C=O) groups is 4. The van der Waals surface area contributed by atoms with E-state index in [4.69, 9.17) is 4.47 Å². The third kappa shape index (κ3) is 51.5. The molecule has 0 aliphatic carbocycles. The van der Waals surface area contributed by atoms with Gasteiger partial charge in [0.2, 0.25) is 0 Å². The van der Waals surface area contributed by atoms with Gasteiger partial charge in [0.25, 0.3) is 0 Å². The van der Waals surface area contributed by atoms with Gasteiger partial charge in [-0.05, 0) is 27.7 Å². The third-order valence-corrected chi connectivity index (χ3v) is 0.813. The van der Waals surface area contributed by atoms with Gasteiger partial charge in [-0.3, -0.25) is 12.8 Å². The predicted molar refractivity (Wildman–Crippen MR) is 52.7 cm³/mol. The molecule has 6 nitrogen and oxygen atoms in total. The molecule has 0 atom stereocenters. The van der Waals surface area contributed by atoms with E-state index in [1.165, 1.54) is 27.7 Å². The van der Waals surface area contributed by atoms with E-state index in [9.17, 15) is 19.2 Å². The van der Waals surface area contributed by atoms with Crippen LogP contribution in [-0.2, 0) is 23.6 Å². The van der Waals surface area contributed by atoms with E-state index >= 15 is 0 Å². The second-order valence-electron chi connectivity index (χ2n) is 2.81. The molecule has 0 aliphatic rings. The maximum atomic E-state index is 9.98. The molecule has 17 heavy (non-hydrogen) atoms. The number of carbonyl (C=O) groups excluding carboxylic acids is 4. The van der Waals surface area contributed by atoms with Gasteiger partial charge in [0, 0.05) is 23.1 Å². The Balaban J connectivity index is -0.000000188. The molecule has 0 fully saturated rings. The Morgan fingerprint density at radius 1 is 0.647 bits per heavy atom. The fourth-order valence-corrected chi connectivity index (χ4v) is 0.572. The Bertz CT molecular complexity index is 265. The molecule has 0 saturated heterocycles. The van der Waals surface area contributed by atoms with Crippen molar-refractivity contribution in [1.29, 1.82) is 0 Å². The number of ketones is 4. The summed E-state index contributed by atoms with van der Waals surface area (Å²) >= 11 is -2.51. The summed E-state index contributed by atoms with van der Waals surface area (Å²) in [6, 6.07) is 0. The zero-order chi connectivity index (χ0) is 14.4. The van der Waals surface area contributed by atoms with Crippen LogP contribution in [0.4, 0.5) is 0 Å². The molecule has 94 valence electrons. The summed E-state index contributed by atoms with van der Waals surface area (Å²) in [5.74, 6) is -0.750. The Hall–Kier alpha value is -0.928. The summed E-state index contributed by atoms with van der Waals surface area (Å²) in [6.07, 6.45) is 2.11. The number of hydrogen-bond donors (Lipinski definition) is 0. The van der Waals surface area contributed by atoms with Crippen molar-refractivity contribution < 1.29 is 51.5 Å². The van der Waals surface area contributed by atoms with Gasteiger partial charge >= 0.3 is 32.3 Å². The van der Waals surface area contributed by atoms with Crippen molar-refractivity contribution in [3.8, 4) is 0 Å². The Kier molecular flexibility index (Phi) is 18.9. The molecule has 0 aliphatic heterocycles. The predicted octanol–water partition coefficient (Wildman–Crippen LogP) is 0.500. The standard InChI is InChI=1S/2C5H7O2.2O.U/c2*1-4(6)3-5(2)7;;;/h2*3H,1-2H3;;;/q2*-1;;;+2. The molecule has 0 heterocycles. The molecule has 0 aromatic rings. The van der Waals surface area contributed by atoms with E-state index in [-0.39, 0.29) is 23.1 Å². The molecule has 0 aromatic heterocycles. The molecule has 0 rings (SSSR count). The minimum absolute atomic E-state index is 0.187. The zero-order valence-corrected chi connectivity index (χ0v) is 14.3. The quantitative estimate of drug-likeness (QED) is 0.440. The van der Waals surface area contributed by atoms with E-state index in [1.54, 1.807) is 0 Å². The van der Waals surface area contributed by atoms with Gasteiger partial charge in [0.05, 0.1) is 0 Å². The van der Waals surface area contributed by atoms with Crippen molar-refractivity contribution in [2.45, 2.75) is 27.7 Å². The Labute approximate surface area is 115 Å². The van der Waals surface area contributed by atoms with E-state index in [0.29, 0.717) is 0 Å². The fraction of sp³-hybridized carbons (Fsp3) is 0.400. The molecule has 0 bridgehead atoms. The number of Topliss-reactive ketones (excluding diaryl/α,β-unsaturated/α-hetero) is 4. The van der Waals surface area contributed by atoms with Crippen LogP contribution in [0.25, 0.3) is 0 Å². The van der Waals surface area contributed by atoms with Crippen LogP contribution < -0.4 is 0 Å². The summed E-state index contributed by atoms with van der Waals surface area (Å²) < 4.78 is 17.2. The van der Waals surface area contributed by atoms with Crippen molar-refractivity contribution in [2.75, 3.05) is 0 Å². The van der Waals surface area contributed by atoms with Gasteiger partial charge in [-0.2, -0.15) is 0 Å². The van der Waals surface area contributed by atoms with Crippen LogP contribution in [0.15, 0.2) is 0 Å². The van der Waals surface area contributed by atoms with Gasteiger partial charge in [0.15, 0.2) is 0 Å². The van der Waals surface area contributed by atoms with Crippen LogP contribution in [0.3, 0.4) is 0 Å². The Morgan fingerprint density at radius 2 is 0.765 bits per heavy atom. The van der Waals surface area contributed by atoms with Crippen molar-refractivity contribution in [1.82, 2.24) is 0 Å². The van der Waals surface area contributed by atoms with E-state index in [0.717, 1.165) is 12.8 Å². The molecule has 0 aromatic carbocycles. The van der Waals surface area contributed by atoms with E-state index in [1.807, 2.05) is 0 Å². The van der Waals surface area contributed by atoms with Crippen LogP contribution in [0.2, 0.25) is 0 Å². The maximum absolute atomic E-state index is 9.98. The molecule has 0 amide bonds. The van der Waals surface area contributed by atoms with Crippen LogP contribution in [0.1, 0.15) is 27.7 Å². The van der Waals surface area contributed by atoms with E-state index in [2.05, 4.69) is 0 Å². The first-order valence-electron chi connectivity index (χ1n) is 4.38. The normalized spacial score (nSPS) is 6.82. The first kappa shape index (κ1) is 21.4. The summed E-state index contributed by atoms with van der Waals surface area (Å²) in [5.41, 5.74) is 0. The van der Waals surface area contributed by atoms with Crippen LogP contribution in [0, 0.1) is 40.7 Å². The van der Waals surface area contributed by atoms with Crippen LogP contribution >= 0.6 is 0 Å². The zero-order valence-electron chi connectivity index (χ0n) is 10.1. The molecule has 0 radical (unpaired) electrons. The second-order valence-corrected chi connectivity index (χ2v) is 3.51. The average molecular weight is 468 g/mol. The SMILES string of the molecule is CC(=O)[CH-]C(C)=O.CC(=O)[CH-]C(C)=O.[O]=[U+2]=[O]. The topological polar surface area (TPSA) is 102 Å². The van der Waals surface area contributed by atoms with Gasteiger partial charge < -0.3 is 19.2 Å². The first-order chi connectivity index (χ1) is 7.67. The molecule has 0 saturated carbocycles. The molecular formula is C10H14O6U.